The van der Waals surface area contributed by atoms with Crippen molar-refractivity contribution < 1.29 is 9.59 Å². The van der Waals surface area contributed by atoms with Crippen LogP contribution in [0.4, 0.5) is 0 Å². The highest BCUT2D eigenvalue weighted by Crippen LogP contribution is 2.65. The number of fused-ring (bicyclic) bond motifs is 5. The molecule has 3 aliphatic carbocycles. The lowest BCUT2D eigenvalue weighted by atomic mass is 9.47. The zero-order valence-corrected chi connectivity index (χ0v) is 23.6. The number of rotatable bonds is 6. The quantitative estimate of drug-likeness (QED) is 0.329. The summed E-state index contributed by atoms with van der Waals surface area (Å²) in [6.07, 6.45) is 11.4. The van der Waals surface area contributed by atoms with Crippen molar-refractivity contribution >= 4 is 11.8 Å². The second-order valence-corrected chi connectivity index (χ2v) is 13.4. The van der Waals surface area contributed by atoms with Gasteiger partial charge in [0.1, 0.15) is 5.92 Å². The Labute approximate surface area is 234 Å². The molecular weight excluding hydrogens is 480 g/mol. The highest BCUT2D eigenvalue weighted by atomic mass is 16.2. The lowest BCUT2D eigenvalue weighted by Crippen LogP contribution is -2.65. The minimum Gasteiger partial charge on any atom is -0.344 e. The fourth-order valence-corrected chi connectivity index (χ4v) is 9.56. The van der Waals surface area contributed by atoms with Crippen LogP contribution < -0.4 is 5.32 Å². The van der Waals surface area contributed by atoms with Crippen LogP contribution in [0.3, 0.4) is 0 Å². The van der Waals surface area contributed by atoms with Crippen LogP contribution in [0.1, 0.15) is 82.4 Å². The third-order valence-corrected chi connectivity index (χ3v) is 11.4. The van der Waals surface area contributed by atoms with Gasteiger partial charge in [-0.05, 0) is 84.7 Å². The second kappa shape index (κ2) is 10.3. The Morgan fingerprint density at radius 1 is 0.974 bits per heavy atom. The highest BCUT2D eigenvalue weighted by molar-refractivity contribution is 6.01. The Bertz CT molecular complexity index is 1170. The molecule has 4 heteroatoms. The van der Waals surface area contributed by atoms with Gasteiger partial charge in [0.05, 0.1) is 6.04 Å². The number of nitrogens with zero attached hydrogens (tertiary/aromatic N) is 1. The predicted molar refractivity (Wildman–Crippen MR) is 156 cm³/mol. The molecule has 1 N–H and O–H groups in total. The van der Waals surface area contributed by atoms with Gasteiger partial charge in [0.25, 0.3) is 0 Å². The first-order valence-corrected chi connectivity index (χ1v) is 15.2. The van der Waals surface area contributed by atoms with Crippen LogP contribution in [-0.4, -0.2) is 29.3 Å². The van der Waals surface area contributed by atoms with Gasteiger partial charge in [0.2, 0.25) is 11.8 Å². The zero-order chi connectivity index (χ0) is 27.2. The van der Waals surface area contributed by atoms with Crippen LogP contribution in [0, 0.1) is 34.5 Å². The number of hydrogen-bond donors (Lipinski definition) is 1. The van der Waals surface area contributed by atoms with Crippen molar-refractivity contribution in [3.05, 3.63) is 84.4 Å². The van der Waals surface area contributed by atoms with E-state index in [0.29, 0.717) is 24.3 Å². The minimum atomic E-state index is -0.670. The van der Waals surface area contributed by atoms with Crippen LogP contribution in [0.5, 0.6) is 0 Å². The summed E-state index contributed by atoms with van der Waals surface area (Å²) in [4.78, 5) is 30.2. The maximum absolute atomic E-state index is 14.1. The normalized spacial score (nSPS) is 35.6. The molecule has 4 nitrogen and oxygen atoms in total. The first-order valence-electron chi connectivity index (χ1n) is 15.2. The Hall–Kier alpha value is -2.88. The molecule has 39 heavy (non-hydrogen) atoms. The van der Waals surface area contributed by atoms with Crippen LogP contribution in [0.25, 0.3) is 0 Å². The molecule has 3 saturated carbocycles. The maximum atomic E-state index is 14.1. The average molecular weight is 525 g/mol. The van der Waals surface area contributed by atoms with E-state index in [0.717, 1.165) is 29.4 Å². The number of carbonyl (C=O) groups excluding carboxylic acids is 2. The molecule has 4 fully saturated rings. The lowest BCUT2D eigenvalue weighted by molar-refractivity contribution is -0.171. The fourth-order valence-electron chi connectivity index (χ4n) is 9.56. The van der Waals surface area contributed by atoms with E-state index in [-0.39, 0.29) is 29.3 Å². The highest BCUT2D eigenvalue weighted by Gasteiger charge is 2.61. The monoisotopic (exact) mass is 524 g/mol. The van der Waals surface area contributed by atoms with Gasteiger partial charge in [0, 0.05) is 12.6 Å². The van der Waals surface area contributed by atoms with E-state index in [1.165, 1.54) is 38.5 Å². The summed E-state index contributed by atoms with van der Waals surface area (Å²) >= 11 is 0. The molecular formula is C35H44N2O2. The van der Waals surface area contributed by atoms with Crippen molar-refractivity contribution in [1.29, 1.82) is 0 Å². The van der Waals surface area contributed by atoms with Crippen molar-refractivity contribution in [3.63, 3.8) is 0 Å². The molecule has 0 radical (unpaired) electrons. The Morgan fingerprint density at radius 2 is 1.64 bits per heavy atom. The smallest absolute Gasteiger partial charge is 0.235 e. The van der Waals surface area contributed by atoms with Crippen molar-refractivity contribution in [3.8, 4) is 0 Å². The summed E-state index contributed by atoms with van der Waals surface area (Å²) in [6, 6.07) is 20.1. The van der Waals surface area contributed by atoms with Gasteiger partial charge < -0.3 is 10.2 Å². The minimum absolute atomic E-state index is 0.0188. The van der Waals surface area contributed by atoms with Gasteiger partial charge in [-0.2, -0.15) is 0 Å². The molecule has 6 rings (SSSR count). The van der Waals surface area contributed by atoms with Gasteiger partial charge in [-0.25, -0.2) is 0 Å². The van der Waals surface area contributed by atoms with Gasteiger partial charge >= 0.3 is 0 Å². The lowest BCUT2D eigenvalue weighted by Gasteiger charge is -2.62. The number of likely N-dealkylation sites (tertiary alicyclic amines) is 1. The van der Waals surface area contributed by atoms with Gasteiger partial charge in [-0.3, -0.25) is 9.59 Å². The molecule has 2 amide bonds. The van der Waals surface area contributed by atoms with Crippen LogP contribution >= 0.6 is 0 Å². The molecule has 0 spiro atoms. The molecule has 7 atom stereocenters. The standard InChI is InChI=1S/C35H44N2O2/c1-4-22-37-30-18-17-26-28-16-11-20-34(28,2)21-19-29(26)35(30,3)23-27(33(37)39)32(38)36-31(24-12-7-5-8-13-24)25-14-9-6-10-15-25/h4-10,12-15,26-31H,1,11,16-23H2,2-3H3,(H,36,38)/t26-,27?,28-,29+,30?,34-,35+/m0/s1. The Morgan fingerprint density at radius 3 is 2.28 bits per heavy atom. The fraction of sp³-hybridized carbons (Fsp3) is 0.543. The van der Waals surface area contributed by atoms with Crippen LogP contribution in [0.2, 0.25) is 0 Å². The first-order chi connectivity index (χ1) is 18.9. The summed E-state index contributed by atoms with van der Waals surface area (Å²) in [5, 5.41) is 3.33. The maximum Gasteiger partial charge on any atom is 0.235 e. The molecule has 2 unspecified atom stereocenters. The predicted octanol–water partition coefficient (Wildman–Crippen LogP) is 6.93. The molecule has 1 saturated heterocycles. The Kier molecular flexibility index (Phi) is 6.93. The SMILES string of the molecule is C=CCN1C(=O)C(C(=O)NC(c2ccccc2)c2ccccc2)C[C@@]2(C)C1CC[C@@H]1[C@H]2CC[C@]2(C)CCC[C@@H]12. The molecule has 1 heterocycles. The van der Waals surface area contributed by atoms with Gasteiger partial charge in [-0.15, -0.1) is 6.58 Å². The van der Waals surface area contributed by atoms with Crippen molar-refractivity contribution in [2.45, 2.75) is 77.3 Å². The third kappa shape index (κ3) is 4.44. The largest absolute Gasteiger partial charge is 0.344 e. The summed E-state index contributed by atoms with van der Waals surface area (Å²) in [5.41, 5.74) is 2.49. The van der Waals surface area contributed by atoms with E-state index in [4.69, 9.17) is 0 Å². The number of carbonyl (C=O) groups is 2. The molecule has 0 bridgehead atoms. The average Bonchev–Trinajstić information content (AvgIpc) is 3.36. The van der Waals surface area contributed by atoms with E-state index in [1.807, 2.05) is 71.6 Å². The van der Waals surface area contributed by atoms with Crippen LogP contribution in [0.15, 0.2) is 73.3 Å². The van der Waals surface area contributed by atoms with Crippen molar-refractivity contribution in [2.75, 3.05) is 6.54 Å². The molecule has 1 aliphatic heterocycles. The molecule has 206 valence electrons. The third-order valence-electron chi connectivity index (χ3n) is 11.4. The number of benzene rings is 2. The summed E-state index contributed by atoms with van der Waals surface area (Å²) < 4.78 is 0. The first kappa shape index (κ1) is 26.3. The molecule has 2 aromatic rings. The van der Waals surface area contributed by atoms with E-state index in [9.17, 15) is 9.59 Å². The summed E-state index contributed by atoms with van der Waals surface area (Å²) in [7, 11) is 0. The number of piperidine rings is 1. The Balaban J connectivity index is 1.32. The molecule has 4 aliphatic rings. The van der Waals surface area contributed by atoms with Gasteiger partial charge in [0.15, 0.2) is 0 Å². The van der Waals surface area contributed by atoms with E-state index in [1.54, 1.807) is 0 Å². The molecule has 0 aromatic heterocycles. The topological polar surface area (TPSA) is 49.4 Å². The summed E-state index contributed by atoms with van der Waals surface area (Å²) in [5.74, 6) is 1.26. The van der Waals surface area contributed by atoms with Crippen molar-refractivity contribution in [2.24, 2.45) is 34.5 Å². The van der Waals surface area contributed by atoms with Crippen LogP contribution in [-0.2, 0) is 9.59 Å². The summed E-state index contributed by atoms with van der Waals surface area (Å²) in [6.45, 7) is 9.46. The van der Waals surface area contributed by atoms with E-state index >= 15 is 0 Å². The second-order valence-electron chi connectivity index (χ2n) is 13.4. The molecule has 2 aromatic carbocycles. The van der Waals surface area contributed by atoms with Crippen molar-refractivity contribution in [1.82, 2.24) is 10.2 Å². The number of nitrogens with one attached hydrogen (secondary N) is 1. The number of amides is 2. The number of hydrogen-bond acceptors (Lipinski definition) is 2. The van der Waals surface area contributed by atoms with E-state index in [2.05, 4.69) is 25.7 Å². The van der Waals surface area contributed by atoms with E-state index < -0.39 is 5.92 Å². The zero-order valence-electron chi connectivity index (χ0n) is 23.6. The van der Waals surface area contributed by atoms with Gasteiger partial charge in [-0.1, -0.05) is 87.0 Å².